The van der Waals surface area contributed by atoms with Crippen molar-refractivity contribution < 1.29 is 8.42 Å². The zero-order valence-electron chi connectivity index (χ0n) is 10.9. The Morgan fingerprint density at radius 1 is 1.40 bits per heavy atom. The van der Waals surface area contributed by atoms with Crippen LogP contribution in [-0.2, 0) is 10.0 Å². The maximum Gasteiger partial charge on any atom is 0.250 e. The number of fused-ring (bicyclic) bond motifs is 1. The van der Waals surface area contributed by atoms with Gasteiger partial charge in [0, 0.05) is 18.6 Å². The minimum absolute atomic E-state index is 0.0258. The van der Waals surface area contributed by atoms with Gasteiger partial charge in [0.15, 0.2) is 0 Å². The van der Waals surface area contributed by atoms with Crippen LogP contribution in [0.1, 0.15) is 24.1 Å². The van der Waals surface area contributed by atoms with E-state index < -0.39 is 10.0 Å². The van der Waals surface area contributed by atoms with Crippen LogP contribution in [0, 0.1) is 0 Å². The second-order valence-electron chi connectivity index (χ2n) is 5.24. The summed E-state index contributed by atoms with van der Waals surface area (Å²) in [6, 6.07) is 3.62. The second-order valence-corrected chi connectivity index (χ2v) is 8.71. The smallest absolute Gasteiger partial charge is 0.250 e. The van der Waals surface area contributed by atoms with Crippen molar-refractivity contribution in [2.75, 3.05) is 13.1 Å². The van der Waals surface area contributed by atoms with Crippen molar-refractivity contribution in [1.82, 2.24) is 9.62 Å². The lowest BCUT2D eigenvalue weighted by Crippen LogP contribution is -2.42. The van der Waals surface area contributed by atoms with Gasteiger partial charge in [-0.05, 0) is 37.9 Å². The molecule has 2 aliphatic heterocycles. The van der Waals surface area contributed by atoms with Gasteiger partial charge in [-0.25, -0.2) is 13.1 Å². The highest BCUT2D eigenvalue weighted by Gasteiger charge is 2.39. The van der Waals surface area contributed by atoms with Crippen LogP contribution in [0.25, 0.3) is 0 Å². The average molecular weight is 331 g/mol. The van der Waals surface area contributed by atoms with Crippen molar-refractivity contribution in [3.05, 3.63) is 17.0 Å². The van der Waals surface area contributed by atoms with Crippen LogP contribution in [0.3, 0.4) is 0 Å². The lowest BCUT2D eigenvalue weighted by Gasteiger charge is -2.20. The largest absolute Gasteiger partial charge is 0.389 e. The number of nitrogens with two attached hydrogens (primary N) is 1. The maximum atomic E-state index is 12.4. The van der Waals surface area contributed by atoms with Gasteiger partial charge in [-0.3, -0.25) is 4.90 Å². The van der Waals surface area contributed by atoms with Crippen LogP contribution in [0.15, 0.2) is 16.3 Å². The molecule has 2 unspecified atom stereocenters. The zero-order chi connectivity index (χ0) is 14.3. The van der Waals surface area contributed by atoms with E-state index in [2.05, 4.69) is 9.62 Å². The van der Waals surface area contributed by atoms with Crippen LogP contribution < -0.4 is 10.5 Å². The van der Waals surface area contributed by atoms with E-state index in [4.69, 9.17) is 18.0 Å². The molecule has 0 aromatic carbocycles. The molecule has 3 heterocycles. The van der Waals surface area contributed by atoms with Crippen molar-refractivity contribution in [3.63, 3.8) is 0 Å². The van der Waals surface area contributed by atoms with E-state index in [0.29, 0.717) is 10.9 Å². The number of thiophene rings is 1. The van der Waals surface area contributed by atoms with Crippen molar-refractivity contribution >= 4 is 38.6 Å². The summed E-state index contributed by atoms with van der Waals surface area (Å²) in [5.74, 6) is 0. The highest BCUT2D eigenvalue weighted by Crippen LogP contribution is 2.30. The van der Waals surface area contributed by atoms with E-state index in [9.17, 15) is 8.42 Å². The molecule has 1 aromatic heterocycles. The second kappa shape index (κ2) is 5.34. The highest BCUT2D eigenvalue weighted by atomic mass is 32.2. The van der Waals surface area contributed by atoms with Gasteiger partial charge in [0.2, 0.25) is 10.0 Å². The third-order valence-corrected chi connectivity index (χ3v) is 7.45. The standard InChI is InChI=1S/C12H17N3O2S3/c13-12(18)10-3-4-11(19-10)20(16,17)14-8-5-7-15-6-1-2-9(8)15/h3-4,8-9,14H,1-2,5-7H2,(H2,13,18). The van der Waals surface area contributed by atoms with Crippen molar-refractivity contribution in [2.45, 2.75) is 35.6 Å². The molecule has 110 valence electrons. The number of rotatable bonds is 4. The first-order valence-corrected chi connectivity index (χ1v) is 9.34. The molecule has 8 heteroatoms. The fourth-order valence-electron chi connectivity index (χ4n) is 3.07. The summed E-state index contributed by atoms with van der Waals surface area (Å²) in [7, 11) is -3.47. The summed E-state index contributed by atoms with van der Waals surface area (Å²) in [6.07, 6.45) is 3.13. The Morgan fingerprint density at radius 2 is 2.20 bits per heavy atom. The molecule has 5 nitrogen and oxygen atoms in total. The van der Waals surface area contributed by atoms with E-state index in [1.807, 2.05) is 0 Å². The molecule has 2 atom stereocenters. The van der Waals surface area contributed by atoms with Gasteiger partial charge < -0.3 is 5.73 Å². The first-order chi connectivity index (χ1) is 9.47. The molecular weight excluding hydrogens is 314 g/mol. The molecule has 2 saturated heterocycles. The molecule has 1 aromatic rings. The molecule has 3 rings (SSSR count). The molecule has 2 fully saturated rings. The van der Waals surface area contributed by atoms with Gasteiger partial charge in [0.05, 0.1) is 4.88 Å². The molecule has 0 amide bonds. The van der Waals surface area contributed by atoms with Gasteiger partial charge in [0.25, 0.3) is 0 Å². The van der Waals surface area contributed by atoms with Crippen molar-refractivity contribution in [1.29, 1.82) is 0 Å². The minimum atomic E-state index is -3.47. The predicted molar refractivity (Wildman–Crippen MR) is 83.5 cm³/mol. The summed E-state index contributed by atoms with van der Waals surface area (Å²) in [5, 5.41) is 0. The predicted octanol–water partition coefficient (Wildman–Crippen LogP) is 0.897. The number of hydrogen-bond acceptors (Lipinski definition) is 5. The van der Waals surface area contributed by atoms with Crippen molar-refractivity contribution in [2.24, 2.45) is 5.73 Å². The van der Waals surface area contributed by atoms with Gasteiger partial charge in [-0.15, -0.1) is 11.3 Å². The monoisotopic (exact) mass is 331 g/mol. The lowest BCUT2D eigenvalue weighted by atomic mass is 10.1. The van der Waals surface area contributed by atoms with E-state index in [-0.39, 0.29) is 15.2 Å². The Kier molecular flexibility index (Phi) is 3.85. The van der Waals surface area contributed by atoms with E-state index in [1.165, 1.54) is 0 Å². The van der Waals surface area contributed by atoms with Gasteiger partial charge >= 0.3 is 0 Å². The molecule has 0 aliphatic carbocycles. The molecule has 0 bridgehead atoms. The lowest BCUT2D eigenvalue weighted by molar-refractivity contribution is 0.309. The fraction of sp³-hybridized carbons (Fsp3) is 0.583. The molecule has 0 radical (unpaired) electrons. The van der Waals surface area contributed by atoms with Crippen LogP contribution >= 0.6 is 23.6 Å². The Hall–Kier alpha value is -0.540. The third-order valence-electron chi connectivity index (χ3n) is 4.00. The summed E-state index contributed by atoms with van der Waals surface area (Å²) in [6.45, 7) is 2.08. The van der Waals surface area contributed by atoms with Crippen LogP contribution in [0.2, 0.25) is 0 Å². The minimum Gasteiger partial charge on any atom is -0.389 e. The number of sulfonamides is 1. The first kappa shape index (κ1) is 14.4. The van der Waals surface area contributed by atoms with Crippen molar-refractivity contribution in [3.8, 4) is 0 Å². The quantitative estimate of drug-likeness (QED) is 0.802. The van der Waals surface area contributed by atoms with Crippen LogP contribution in [-0.4, -0.2) is 43.5 Å². The van der Waals surface area contributed by atoms with Gasteiger partial charge in [-0.2, -0.15) is 0 Å². The summed E-state index contributed by atoms with van der Waals surface area (Å²) in [4.78, 5) is 3.25. The Balaban J connectivity index is 1.76. The first-order valence-electron chi connectivity index (χ1n) is 6.63. The van der Waals surface area contributed by atoms with Gasteiger partial charge in [-0.1, -0.05) is 12.2 Å². The van der Waals surface area contributed by atoms with E-state index >= 15 is 0 Å². The SMILES string of the molecule is NC(=S)c1ccc(S(=O)(=O)NC2CCN3CCCC23)s1. The normalized spacial score (nSPS) is 26.8. The third kappa shape index (κ3) is 2.62. The average Bonchev–Trinajstić information content (AvgIpc) is 3.05. The Bertz CT molecular complexity index is 626. The number of hydrogen-bond donors (Lipinski definition) is 2. The topological polar surface area (TPSA) is 75.4 Å². The summed E-state index contributed by atoms with van der Waals surface area (Å²) in [5.41, 5.74) is 5.52. The van der Waals surface area contributed by atoms with Crippen LogP contribution in [0.5, 0.6) is 0 Å². The van der Waals surface area contributed by atoms with Gasteiger partial charge in [0.1, 0.15) is 9.20 Å². The number of thiocarbonyl (C=S) groups is 1. The molecule has 20 heavy (non-hydrogen) atoms. The number of nitrogens with zero attached hydrogens (tertiary/aromatic N) is 1. The number of nitrogens with one attached hydrogen (secondary N) is 1. The molecular formula is C12H17N3O2S3. The summed E-state index contributed by atoms with van der Waals surface area (Å²) >= 11 is 6.00. The summed E-state index contributed by atoms with van der Waals surface area (Å²) < 4.78 is 28.0. The Labute approximate surface area is 128 Å². The van der Waals surface area contributed by atoms with E-state index in [1.54, 1.807) is 12.1 Å². The van der Waals surface area contributed by atoms with Crippen LogP contribution in [0.4, 0.5) is 0 Å². The van der Waals surface area contributed by atoms with E-state index in [0.717, 1.165) is 43.7 Å². The fourth-order valence-corrected chi connectivity index (χ4v) is 5.75. The molecule has 2 aliphatic rings. The Morgan fingerprint density at radius 3 is 2.90 bits per heavy atom. The highest BCUT2D eigenvalue weighted by molar-refractivity contribution is 7.91. The molecule has 0 saturated carbocycles. The molecule has 3 N–H and O–H groups in total. The maximum absolute atomic E-state index is 12.4. The zero-order valence-corrected chi connectivity index (χ0v) is 13.4. The molecule has 0 spiro atoms.